The van der Waals surface area contributed by atoms with Crippen LogP contribution in [0.25, 0.3) is 0 Å². The van der Waals surface area contributed by atoms with Gasteiger partial charge in [0, 0.05) is 19.2 Å². The summed E-state index contributed by atoms with van der Waals surface area (Å²) in [5, 5.41) is 3.34. The van der Waals surface area contributed by atoms with Crippen LogP contribution in [0.5, 0.6) is 0 Å². The number of aromatic nitrogens is 1. The highest BCUT2D eigenvalue weighted by Gasteiger charge is 2.01. The highest BCUT2D eigenvalue weighted by molar-refractivity contribution is 5.17. The van der Waals surface area contributed by atoms with Crippen molar-refractivity contribution in [1.29, 1.82) is 0 Å². The number of rotatable bonds is 5. The summed E-state index contributed by atoms with van der Waals surface area (Å²) in [5.41, 5.74) is 2.31. The van der Waals surface area contributed by atoms with Crippen molar-refractivity contribution in [2.45, 2.75) is 33.4 Å². The lowest BCUT2D eigenvalue weighted by Gasteiger charge is -2.05. The minimum atomic E-state index is 0.746. The number of nitrogens with one attached hydrogen (secondary N) is 1. The van der Waals surface area contributed by atoms with Gasteiger partial charge < -0.3 is 9.73 Å². The molecule has 3 nitrogen and oxygen atoms in total. The Morgan fingerprint density at radius 3 is 2.71 bits per heavy atom. The Balaban J connectivity index is 1.85. The fraction of sp³-hybridized carbons (Fsp3) is 0.357. The van der Waals surface area contributed by atoms with Gasteiger partial charge in [0.2, 0.25) is 0 Å². The summed E-state index contributed by atoms with van der Waals surface area (Å²) in [6.45, 7) is 5.68. The summed E-state index contributed by atoms with van der Waals surface area (Å²) in [5.74, 6) is 2.02. The predicted octanol–water partition coefficient (Wildman–Crippen LogP) is 2.84. The molecule has 2 aromatic heterocycles. The molecule has 0 unspecified atom stereocenters. The standard InChI is InChI=1S/C14H18N2O/c1-3-12-6-7-13(17-12)9-15-10-14-11(2)5-4-8-16-14/h4-8,15H,3,9-10H2,1-2H3. The quantitative estimate of drug-likeness (QED) is 0.858. The van der Waals surface area contributed by atoms with Gasteiger partial charge in [-0.3, -0.25) is 4.98 Å². The molecule has 2 rings (SSSR count). The van der Waals surface area contributed by atoms with Crippen LogP contribution < -0.4 is 5.32 Å². The van der Waals surface area contributed by atoms with Gasteiger partial charge in [0.05, 0.1) is 12.2 Å². The third-order valence-corrected chi connectivity index (χ3v) is 2.78. The van der Waals surface area contributed by atoms with Crippen molar-refractivity contribution < 1.29 is 4.42 Å². The first-order chi connectivity index (χ1) is 8.29. The van der Waals surface area contributed by atoms with Gasteiger partial charge in [-0.1, -0.05) is 13.0 Å². The van der Waals surface area contributed by atoms with Crippen LogP contribution in [0.15, 0.2) is 34.9 Å². The van der Waals surface area contributed by atoms with E-state index >= 15 is 0 Å². The summed E-state index contributed by atoms with van der Waals surface area (Å²) in [7, 11) is 0. The molecule has 0 aromatic carbocycles. The van der Waals surface area contributed by atoms with Crippen molar-refractivity contribution in [3.8, 4) is 0 Å². The van der Waals surface area contributed by atoms with E-state index in [1.54, 1.807) is 0 Å². The van der Waals surface area contributed by atoms with Gasteiger partial charge in [-0.25, -0.2) is 0 Å². The highest BCUT2D eigenvalue weighted by atomic mass is 16.3. The van der Waals surface area contributed by atoms with Crippen LogP contribution in [0, 0.1) is 6.92 Å². The maximum atomic E-state index is 5.62. The number of nitrogens with zero attached hydrogens (tertiary/aromatic N) is 1. The molecular weight excluding hydrogens is 212 g/mol. The van der Waals surface area contributed by atoms with E-state index in [1.807, 2.05) is 24.4 Å². The van der Waals surface area contributed by atoms with E-state index in [2.05, 4.69) is 30.2 Å². The lowest BCUT2D eigenvalue weighted by atomic mass is 10.2. The van der Waals surface area contributed by atoms with E-state index in [0.29, 0.717) is 0 Å². The third-order valence-electron chi connectivity index (χ3n) is 2.78. The van der Waals surface area contributed by atoms with Gasteiger partial charge in [0.15, 0.2) is 0 Å². The maximum absolute atomic E-state index is 5.62. The van der Waals surface area contributed by atoms with Gasteiger partial charge >= 0.3 is 0 Å². The summed E-state index contributed by atoms with van der Waals surface area (Å²) in [6.07, 6.45) is 2.77. The molecule has 0 spiro atoms. The van der Waals surface area contributed by atoms with Crippen LogP contribution >= 0.6 is 0 Å². The number of pyridine rings is 1. The molecule has 0 aliphatic heterocycles. The van der Waals surface area contributed by atoms with Crippen molar-refractivity contribution in [3.63, 3.8) is 0 Å². The van der Waals surface area contributed by atoms with Gasteiger partial charge in [-0.15, -0.1) is 0 Å². The second kappa shape index (κ2) is 5.64. The Morgan fingerprint density at radius 2 is 2.00 bits per heavy atom. The zero-order valence-electron chi connectivity index (χ0n) is 10.4. The lowest BCUT2D eigenvalue weighted by Crippen LogP contribution is -2.14. The van der Waals surface area contributed by atoms with Crippen LogP contribution in [0.2, 0.25) is 0 Å². The maximum Gasteiger partial charge on any atom is 0.117 e. The highest BCUT2D eigenvalue weighted by Crippen LogP contribution is 2.08. The summed E-state index contributed by atoms with van der Waals surface area (Å²) in [4.78, 5) is 4.34. The number of hydrogen-bond donors (Lipinski definition) is 1. The van der Waals surface area contributed by atoms with Crippen molar-refractivity contribution in [1.82, 2.24) is 10.3 Å². The first-order valence-electron chi connectivity index (χ1n) is 5.98. The van der Waals surface area contributed by atoms with Crippen LogP contribution in [0.3, 0.4) is 0 Å². The number of aryl methyl sites for hydroxylation is 2. The molecule has 0 aliphatic carbocycles. The molecule has 17 heavy (non-hydrogen) atoms. The zero-order valence-corrected chi connectivity index (χ0v) is 10.4. The normalized spacial score (nSPS) is 10.7. The predicted molar refractivity (Wildman–Crippen MR) is 67.6 cm³/mol. The minimum absolute atomic E-state index is 0.746. The van der Waals surface area contributed by atoms with Crippen LogP contribution in [0.1, 0.15) is 29.7 Å². The van der Waals surface area contributed by atoms with Gasteiger partial charge in [-0.05, 0) is 30.7 Å². The molecule has 0 amide bonds. The van der Waals surface area contributed by atoms with E-state index in [1.165, 1.54) is 5.56 Å². The van der Waals surface area contributed by atoms with Crippen LogP contribution in [-0.2, 0) is 19.5 Å². The topological polar surface area (TPSA) is 38.1 Å². The molecule has 0 saturated heterocycles. The second-order valence-electron chi connectivity index (χ2n) is 4.09. The van der Waals surface area contributed by atoms with E-state index in [9.17, 15) is 0 Å². The van der Waals surface area contributed by atoms with Crippen molar-refractivity contribution in [2.75, 3.05) is 0 Å². The average Bonchev–Trinajstić information content (AvgIpc) is 2.80. The van der Waals surface area contributed by atoms with Crippen molar-refractivity contribution >= 4 is 0 Å². The Kier molecular flexibility index (Phi) is 3.94. The van der Waals surface area contributed by atoms with Gasteiger partial charge in [-0.2, -0.15) is 0 Å². The Labute approximate surface area is 102 Å². The molecule has 0 radical (unpaired) electrons. The smallest absolute Gasteiger partial charge is 0.117 e. The SMILES string of the molecule is CCc1ccc(CNCc2ncccc2C)o1. The molecule has 0 bridgehead atoms. The summed E-state index contributed by atoms with van der Waals surface area (Å²) in [6, 6.07) is 8.09. The fourth-order valence-electron chi connectivity index (χ4n) is 1.71. The molecule has 90 valence electrons. The monoisotopic (exact) mass is 230 g/mol. The van der Waals surface area contributed by atoms with Crippen molar-refractivity contribution in [2.24, 2.45) is 0 Å². The third kappa shape index (κ3) is 3.17. The molecule has 0 aliphatic rings. The Morgan fingerprint density at radius 1 is 1.18 bits per heavy atom. The first-order valence-corrected chi connectivity index (χ1v) is 5.98. The molecule has 3 heteroatoms. The second-order valence-corrected chi connectivity index (χ2v) is 4.09. The molecule has 0 saturated carbocycles. The van der Waals surface area contributed by atoms with Gasteiger partial charge in [0.1, 0.15) is 11.5 Å². The molecule has 2 aromatic rings. The van der Waals surface area contributed by atoms with E-state index in [-0.39, 0.29) is 0 Å². The van der Waals surface area contributed by atoms with Gasteiger partial charge in [0.25, 0.3) is 0 Å². The number of hydrogen-bond acceptors (Lipinski definition) is 3. The zero-order chi connectivity index (χ0) is 12.1. The minimum Gasteiger partial charge on any atom is -0.465 e. The van der Waals surface area contributed by atoms with E-state index in [4.69, 9.17) is 4.42 Å². The molecule has 0 atom stereocenters. The largest absolute Gasteiger partial charge is 0.465 e. The molecule has 2 heterocycles. The first kappa shape index (κ1) is 11.9. The molecule has 1 N–H and O–H groups in total. The fourth-order valence-corrected chi connectivity index (χ4v) is 1.71. The molecule has 0 fully saturated rings. The number of furan rings is 1. The summed E-state index contributed by atoms with van der Waals surface area (Å²) >= 11 is 0. The van der Waals surface area contributed by atoms with E-state index < -0.39 is 0 Å². The van der Waals surface area contributed by atoms with Crippen molar-refractivity contribution in [3.05, 3.63) is 53.2 Å². The summed E-state index contributed by atoms with van der Waals surface area (Å²) < 4.78 is 5.62. The van der Waals surface area contributed by atoms with E-state index in [0.717, 1.165) is 36.7 Å². The molecular formula is C14H18N2O. The lowest BCUT2D eigenvalue weighted by molar-refractivity contribution is 0.449. The van der Waals surface area contributed by atoms with Crippen LogP contribution in [-0.4, -0.2) is 4.98 Å². The van der Waals surface area contributed by atoms with Crippen LogP contribution in [0.4, 0.5) is 0 Å². The Hall–Kier alpha value is -1.61. The average molecular weight is 230 g/mol. The Bertz CT molecular complexity index is 477.